The summed E-state index contributed by atoms with van der Waals surface area (Å²) in [6, 6.07) is 9.80. The van der Waals surface area contributed by atoms with E-state index in [0.29, 0.717) is 0 Å². The quantitative estimate of drug-likeness (QED) is 0.873. The SMILES string of the molecule is Cc1cccc(Cl)c1[C@H](N)c1cccs1.Cl. The number of halogens is 2. The molecule has 1 aromatic carbocycles. The van der Waals surface area contributed by atoms with Crippen molar-refractivity contribution in [2.75, 3.05) is 0 Å². The maximum absolute atomic E-state index is 6.19. The molecule has 86 valence electrons. The van der Waals surface area contributed by atoms with E-state index in [2.05, 4.69) is 0 Å². The maximum Gasteiger partial charge on any atom is 0.0663 e. The molecule has 0 aliphatic carbocycles. The molecule has 0 fully saturated rings. The van der Waals surface area contributed by atoms with Crippen LogP contribution in [0.3, 0.4) is 0 Å². The highest BCUT2D eigenvalue weighted by Crippen LogP contribution is 2.31. The van der Waals surface area contributed by atoms with E-state index in [4.69, 9.17) is 17.3 Å². The number of benzene rings is 1. The fourth-order valence-corrected chi connectivity index (χ4v) is 2.72. The van der Waals surface area contributed by atoms with Gasteiger partial charge >= 0.3 is 0 Å². The molecule has 2 N–H and O–H groups in total. The van der Waals surface area contributed by atoms with Crippen LogP contribution in [0.1, 0.15) is 22.0 Å². The van der Waals surface area contributed by atoms with Gasteiger partial charge in [0.25, 0.3) is 0 Å². The number of thiophene rings is 1. The Hall–Kier alpha value is -0.540. The minimum absolute atomic E-state index is 0. The molecule has 0 bridgehead atoms. The minimum Gasteiger partial charge on any atom is -0.320 e. The molecule has 0 unspecified atom stereocenters. The first-order valence-electron chi connectivity index (χ1n) is 4.74. The molecule has 0 amide bonds. The van der Waals surface area contributed by atoms with Gasteiger partial charge in [0.15, 0.2) is 0 Å². The molecule has 1 nitrogen and oxygen atoms in total. The van der Waals surface area contributed by atoms with Gasteiger partial charge in [-0.1, -0.05) is 29.8 Å². The normalized spacial score (nSPS) is 11.9. The summed E-state index contributed by atoms with van der Waals surface area (Å²) in [5, 5.41) is 2.78. The highest BCUT2D eigenvalue weighted by molar-refractivity contribution is 7.10. The number of aryl methyl sites for hydroxylation is 1. The van der Waals surface area contributed by atoms with Crippen molar-refractivity contribution in [2.24, 2.45) is 5.73 Å². The van der Waals surface area contributed by atoms with Crippen molar-refractivity contribution >= 4 is 35.3 Å². The third-order valence-corrected chi connectivity index (χ3v) is 3.72. The Morgan fingerprint density at radius 2 is 2.00 bits per heavy atom. The Kier molecular flexibility index (Phi) is 4.81. The van der Waals surface area contributed by atoms with Crippen LogP contribution in [0.2, 0.25) is 5.02 Å². The van der Waals surface area contributed by atoms with Crippen molar-refractivity contribution in [3.05, 3.63) is 56.7 Å². The van der Waals surface area contributed by atoms with Crippen LogP contribution >= 0.6 is 35.3 Å². The van der Waals surface area contributed by atoms with Gasteiger partial charge in [-0.05, 0) is 35.6 Å². The van der Waals surface area contributed by atoms with Gasteiger partial charge in [-0.2, -0.15) is 0 Å². The van der Waals surface area contributed by atoms with Crippen molar-refractivity contribution in [1.29, 1.82) is 0 Å². The smallest absolute Gasteiger partial charge is 0.0663 e. The molecule has 0 saturated heterocycles. The molecule has 0 saturated carbocycles. The van der Waals surface area contributed by atoms with Gasteiger partial charge in [-0.3, -0.25) is 0 Å². The van der Waals surface area contributed by atoms with Crippen LogP contribution in [-0.4, -0.2) is 0 Å². The highest BCUT2D eigenvalue weighted by Gasteiger charge is 2.15. The number of nitrogens with two attached hydrogens (primary N) is 1. The largest absolute Gasteiger partial charge is 0.320 e. The summed E-state index contributed by atoms with van der Waals surface area (Å²) in [7, 11) is 0. The molecule has 0 aliphatic heterocycles. The van der Waals surface area contributed by atoms with Crippen LogP contribution in [0.4, 0.5) is 0 Å². The highest BCUT2D eigenvalue weighted by atomic mass is 35.5. The monoisotopic (exact) mass is 273 g/mol. The first-order valence-corrected chi connectivity index (χ1v) is 6.00. The molecular formula is C12H13Cl2NS. The van der Waals surface area contributed by atoms with Crippen molar-refractivity contribution in [1.82, 2.24) is 0 Å². The van der Waals surface area contributed by atoms with E-state index in [1.807, 2.05) is 42.6 Å². The fourth-order valence-electron chi connectivity index (χ4n) is 1.65. The average molecular weight is 274 g/mol. The Labute approximate surface area is 111 Å². The van der Waals surface area contributed by atoms with Gasteiger partial charge in [0, 0.05) is 9.90 Å². The van der Waals surface area contributed by atoms with E-state index < -0.39 is 0 Å². The zero-order valence-electron chi connectivity index (χ0n) is 8.81. The van der Waals surface area contributed by atoms with Crippen LogP contribution in [-0.2, 0) is 0 Å². The summed E-state index contributed by atoms with van der Waals surface area (Å²) >= 11 is 7.83. The van der Waals surface area contributed by atoms with Crippen LogP contribution in [0.15, 0.2) is 35.7 Å². The Morgan fingerprint density at radius 1 is 1.25 bits per heavy atom. The lowest BCUT2D eigenvalue weighted by Gasteiger charge is -2.14. The summed E-state index contributed by atoms with van der Waals surface area (Å²) in [6.07, 6.45) is 0. The molecule has 0 radical (unpaired) electrons. The van der Waals surface area contributed by atoms with Crippen LogP contribution in [0.25, 0.3) is 0 Å². The van der Waals surface area contributed by atoms with E-state index in [-0.39, 0.29) is 18.4 Å². The summed E-state index contributed by atoms with van der Waals surface area (Å²) in [5.41, 5.74) is 8.36. The zero-order chi connectivity index (χ0) is 10.8. The second-order valence-electron chi connectivity index (χ2n) is 3.46. The molecule has 0 spiro atoms. The van der Waals surface area contributed by atoms with E-state index in [1.54, 1.807) is 11.3 Å². The molecule has 1 atom stereocenters. The first-order chi connectivity index (χ1) is 7.20. The standard InChI is InChI=1S/C12H12ClNS.ClH/c1-8-4-2-5-9(13)11(8)12(14)10-6-3-7-15-10;/h2-7,12H,14H2,1H3;1H/t12-;/m1./s1. The van der Waals surface area contributed by atoms with Crippen molar-refractivity contribution in [3.63, 3.8) is 0 Å². The average Bonchev–Trinajstić information content (AvgIpc) is 2.69. The second-order valence-corrected chi connectivity index (χ2v) is 4.85. The van der Waals surface area contributed by atoms with E-state index in [0.717, 1.165) is 21.0 Å². The second kappa shape index (κ2) is 5.69. The zero-order valence-corrected chi connectivity index (χ0v) is 11.2. The molecule has 2 rings (SSSR count). The first kappa shape index (κ1) is 13.5. The lowest BCUT2D eigenvalue weighted by Crippen LogP contribution is -2.12. The Morgan fingerprint density at radius 3 is 2.56 bits per heavy atom. The summed E-state index contributed by atoms with van der Waals surface area (Å²) < 4.78 is 0. The predicted molar refractivity (Wildman–Crippen MR) is 73.8 cm³/mol. The fraction of sp³-hybridized carbons (Fsp3) is 0.167. The Bertz CT molecular complexity index is 434. The van der Waals surface area contributed by atoms with Crippen LogP contribution in [0.5, 0.6) is 0 Å². The lowest BCUT2D eigenvalue weighted by molar-refractivity contribution is 0.883. The topological polar surface area (TPSA) is 26.0 Å². The maximum atomic E-state index is 6.19. The lowest BCUT2D eigenvalue weighted by atomic mass is 10.0. The van der Waals surface area contributed by atoms with Gasteiger partial charge in [0.1, 0.15) is 0 Å². The van der Waals surface area contributed by atoms with Gasteiger partial charge in [0.05, 0.1) is 6.04 Å². The van der Waals surface area contributed by atoms with Crippen molar-refractivity contribution < 1.29 is 0 Å². The number of hydrogen-bond donors (Lipinski definition) is 1. The third kappa shape index (κ3) is 2.58. The summed E-state index contributed by atoms with van der Waals surface area (Å²) in [6.45, 7) is 2.04. The van der Waals surface area contributed by atoms with Gasteiger partial charge in [0.2, 0.25) is 0 Å². The third-order valence-electron chi connectivity index (χ3n) is 2.43. The molecule has 0 aliphatic rings. The van der Waals surface area contributed by atoms with Crippen LogP contribution < -0.4 is 5.73 Å². The van der Waals surface area contributed by atoms with E-state index in [1.165, 1.54) is 0 Å². The predicted octanol–water partition coefficient (Wildman–Crippen LogP) is 4.18. The Balaban J connectivity index is 0.00000128. The number of rotatable bonds is 2. The van der Waals surface area contributed by atoms with Gasteiger partial charge < -0.3 is 5.73 Å². The van der Waals surface area contributed by atoms with Crippen molar-refractivity contribution in [2.45, 2.75) is 13.0 Å². The molecule has 16 heavy (non-hydrogen) atoms. The van der Waals surface area contributed by atoms with Crippen molar-refractivity contribution in [3.8, 4) is 0 Å². The molecule has 4 heteroatoms. The molecule has 1 heterocycles. The van der Waals surface area contributed by atoms with Crippen LogP contribution in [0, 0.1) is 6.92 Å². The molecule has 2 aromatic rings. The van der Waals surface area contributed by atoms with E-state index >= 15 is 0 Å². The minimum atomic E-state index is -0.112. The summed E-state index contributed by atoms with van der Waals surface area (Å²) in [4.78, 5) is 1.14. The molecular weight excluding hydrogens is 261 g/mol. The van der Waals surface area contributed by atoms with E-state index in [9.17, 15) is 0 Å². The van der Waals surface area contributed by atoms with Gasteiger partial charge in [-0.25, -0.2) is 0 Å². The summed E-state index contributed by atoms with van der Waals surface area (Å²) in [5.74, 6) is 0. The number of hydrogen-bond acceptors (Lipinski definition) is 2. The molecule has 1 aromatic heterocycles. The van der Waals surface area contributed by atoms with Gasteiger partial charge in [-0.15, -0.1) is 23.7 Å².